The summed E-state index contributed by atoms with van der Waals surface area (Å²) in [5, 5.41) is 7.39. The van der Waals surface area contributed by atoms with Crippen molar-refractivity contribution in [2.45, 2.75) is 10.8 Å². The van der Waals surface area contributed by atoms with Gasteiger partial charge in [0.15, 0.2) is 0 Å². The van der Waals surface area contributed by atoms with E-state index < -0.39 is 10.8 Å². The van der Waals surface area contributed by atoms with Gasteiger partial charge in [0.25, 0.3) is 0 Å². The Kier molecular flexibility index (Phi) is 8.05. The number of hydrogen-bond acceptors (Lipinski definition) is 1. The summed E-state index contributed by atoms with van der Waals surface area (Å²) in [6.45, 7) is 0. The average Bonchev–Trinajstić information content (AvgIpc) is 4.06. The minimum absolute atomic E-state index is 0.593. The quantitative estimate of drug-likeness (QED) is 0.167. The number of para-hydroxylation sites is 3. The van der Waals surface area contributed by atoms with Crippen molar-refractivity contribution in [3.05, 3.63) is 311 Å². The van der Waals surface area contributed by atoms with Gasteiger partial charge in [0, 0.05) is 27.2 Å². The first-order valence-corrected chi connectivity index (χ1v) is 25.2. The highest BCUT2D eigenvalue weighted by Crippen LogP contribution is 2.63. The second kappa shape index (κ2) is 14.6. The van der Waals surface area contributed by atoms with Crippen LogP contribution in [0.3, 0.4) is 0 Å². The fraction of sp³-hybridized carbons (Fsp3) is 0.0286. The Bertz CT molecular complexity index is 4360. The standard InChI is InChI=1S/C70H44N2/c1-3-23-46(24-4-1)69(47-25-5-2-6-26-47)58-35-15-12-32-56(58)67-54-31-10-9-29-52(54)66(44-62(67)69)71(63-40-19-22-45-21-7-8-27-49(45)63)48-41-42-51-50-28-11-14-34-57(50)70(61(51)43-48)59-36-16-18-39-65(59)72-64-38-17-13-30-53(64)55-33-20-37-60(70)68(55)72/h1-44H. The summed E-state index contributed by atoms with van der Waals surface area (Å²) in [4.78, 5) is 2.60. The van der Waals surface area contributed by atoms with E-state index in [2.05, 4.69) is 276 Å². The number of aromatic nitrogens is 1. The monoisotopic (exact) mass is 912 g/mol. The number of anilines is 3. The summed E-state index contributed by atoms with van der Waals surface area (Å²) < 4.78 is 2.54. The van der Waals surface area contributed by atoms with Gasteiger partial charge in [-0.15, -0.1) is 0 Å². The molecule has 1 spiro atoms. The maximum absolute atomic E-state index is 2.60. The van der Waals surface area contributed by atoms with Crippen LogP contribution in [0.1, 0.15) is 44.5 Å². The van der Waals surface area contributed by atoms with E-state index in [-0.39, 0.29) is 0 Å². The highest BCUT2D eigenvalue weighted by atomic mass is 15.1. The van der Waals surface area contributed by atoms with E-state index in [1.165, 1.54) is 116 Å². The van der Waals surface area contributed by atoms with Crippen LogP contribution in [0.2, 0.25) is 0 Å². The van der Waals surface area contributed by atoms with Gasteiger partial charge in [-0.25, -0.2) is 0 Å². The predicted molar refractivity (Wildman–Crippen MR) is 299 cm³/mol. The molecule has 2 heteroatoms. The summed E-state index contributed by atoms with van der Waals surface area (Å²) in [6, 6.07) is 101. The van der Waals surface area contributed by atoms with Crippen molar-refractivity contribution in [2.75, 3.05) is 4.90 Å². The fourth-order valence-electron chi connectivity index (χ4n) is 14.0. The minimum Gasteiger partial charge on any atom is -0.309 e. The topological polar surface area (TPSA) is 8.17 Å². The second-order valence-electron chi connectivity index (χ2n) is 19.8. The molecule has 0 N–H and O–H groups in total. The van der Waals surface area contributed by atoms with Gasteiger partial charge in [-0.1, -0.05) is 231 Å². The molecule has 12 aromatic carbocycles. The van der Waals surface area contributed by atoms with Gasteiger partial charge in [0.2, 0.25) is 0 Å². The van der Waals surface area contributed by atoms with Crippen LogP contribution in [0, 0.1) is 0 Å². The zero-order valence-corrected chi connectivity index (χ0v) is 39.3. The van der Waals surface area contributed by atoms with Gasteiger partial charge in [-0.2, -0.15) is 0 Å². The number of fused-ring (bicyclic) bond motifs is 18. The first-order valence-electron chi connectivity index (χ1n) is 25.2. The molecule has 3 aliphatic rings. The van der Waals surface area contributed by atoms with Crippen molar-refractivity contribution in [3.63, 3.8) is 0 Å². The molecule has 2 heterocycles. The largest absolute Gasteiger partial charge is 0.309 e. The van der Waals surface area contributed by atoms with Crippen molar-refractivity contribution in [2.24, 2.45) is 0 Å². The molecule has 1 aliphatic heterocycles. The summed E-state index contributed by atoms with van der Waals surface area (Å²) in [5.74, 6) is 0. The number of benzene rings is 12. The van der Waals surface area contributed by atoms with Crippen LogP contribution in [0.4, 0.5) is 17.1 Å². The number of nitrogens with zero attached hydrogens (tertiary/aromatic N) is 2. The lowest BCUT2D eigenvalue weighted by Crippen LogP contribution is -2.33. The lowest BCUT2D eigenvalue weighted by atomic mass is 9.65. The molecule has 0 bridgehead atoms. The van der Waals surface area contributed by atoms with Gasteiger partial charge < -0.3 is 9.47 Å². The van der Waals surface area contributed by atoms with E-state index >= 15 is 0 Å². The smallest absolute Gasteiger partial charge is 0.0755 e. The molecule has 1 aromatic heterocycles. The minimum atomic E-state index is -0.607. The Hall–Kier alpha value is -9.24. The van der Waals surface area contributed by atoms with Crippen LogP contribution in [0.15, 0.2) is 267 Å². The first-order chi connectivity index (χ1) is 35.8. The predicted octanol–water partition coefficient (Wildman–Crippen LogP) is 17.6. The van der Waals surface area contributed by atoms with Crippen molar-refractivity contribution in [1.82, 2.24) is 4.57 Å². The molecular formula is C70H44N2. The molecule has 16 rings (SSSR count). The Morgan fingerprint density at radius 2 is 0.861 bits per heavy atom. The van der Waals surface area contributed by atoms with Crippen molar-refractivity contribution < 1.29 is 0 Å². The Morgan fingerprint density at radius 3 is 1.65 bits per heavy atom. The van der Waals surface area contributed by atoms with Crippen molar-refractivity contribution in [3.8, 4) is 27.9 Å². The van der Waals surface area contributed by atoms with E-state index in [0.29, 0.717) is 0 Å². The third kappa shape index (κ3) is 4.93. The van der Waals surface area contributed by atoms with Crippen molar-refractivity contribution in [1.29, 1.82) is 0 Å². The Labute approximate surface area is 418 Å². The molecule has 334 valence electrons. The molecular weight excluding hydrogens is 869 g/mol. The molecule has 2 aliphatic carbocycles. The highest BCUT2D eigenvalue weighted by Gasteiger charge is 2.52. The van der Waals surface area contributed by atoms with Gasteiger partial charge >= 0.3 is 0 Å². The highest BCUT2D eigenvalue weighted by molar-refractivity contribution is 6.15. The Morgan fingerprint density at radius 1 is 0.306 bits per heavy atom. The maximum Gasteiger partial charge on any atom is 0.0755 e. The van der Waals surface area contributed by atoms with Crippen LogP contribution in [0.5, 0.6) is 0 Å². The molecule has 0 saturated heterocycles. The fourth-order valence-corrected chi connectivity index (χ4v) is 14.0. The molecule has 1 unspecified atom stereocenters. The number of rotatable bonds is 5. The van der Waals surface area contributed by atoms with Gasteiger partial charge in [0.05, 0.1) is 38.9 Å². The lowest BCUT2D eigenvalue weighted by molar-refractivity contribution is 0.748. The van der Waals surface area contributed by atoms with E-state index in [9.17, 15) is 0 Å². The summed E-state index contributed by atoms with van der Waals surface area (Å²) in [6.07, 6.45) is 0. The molecule has 0 radical (unpaired) electrons. The first kappa shape index (κ1) is 39.6. The average molecular weight is 913 g/mol. The second-order valence-corrected chi connectivity index (χ2v) is 19.8. The molecule has 0 saturated carbocycles. The third-order valence-corrected chi connectivity index (χ3v) is 16.6. The Balaban J connectivity index is 1.05. The van der Waals surface area contributed by atoms with Crippen LogP contribution in [0.25, 0.3) is 71.3 Å². The summed E-state index contributed by atoms with van der Waals surface area (Å²) >= 11 is 0. The van der Waals surface area contributed by atoms with Crippen LogP contribution < -0.4 is 4.90 Å². The molecule has 1 atom stereocenters. The van der Waals surface area contributed by atoms with Gasteiger partial charge in [0.1, 0.15) is 0 Å². The van der Waals surface area contributed by atoms with Gasteiger partial charge in [-0.3, -0.25) is 0 Å². The van der Waals surface area contributed by atoms with E-state index in [1.54, 1.807) is 0 Å². The van der Waals surface area contributed by atoms with Gasteiger partial charge in [-0.05, 0) is 114 Å². The van der Waals surface area contributed by atoms with E-state index in [4.69, 9.17) is 0 Å². The summed E-state index contributed by atoms with van der Waals surface area (Å²) in [5.41, 5.74) is 21.3. The van der Waals surface area contributed by atoms with Crippen molar-refractivity contribution >= 4 is 60.4 Å². The normalized spacial score (nSPS) is 15.4. The lowest BCUT2D eigenvalue weighted by Gasteiger charge is -2.40. The van der Waals surface area contributed by atoms with Crippen LogP contribution in [-0.2, 0) is 10.8 Å². The van der Waals surface area contributed by atoms with E-state index in [1.807, 2.05) is 0 Å². The molecule has 72 heavy (non-hydrogen) atoms. The molecule has 0 fully saturated rings. The van der Waals surface area contributed by atoms with Crippen LogP contribution >= 0.6 is 0 Å². The van der Waals surface area contributed by atoms with E-state index in [0.717, 1.165) is 17.1 Å². The van der Waals surface area contributed by atoms with Crippen LogP contribution in [-0.4, -0.2) is 4.57 Å². The third-order valence-electron chi connectivity index (χ3n) is 16.6. The maximum atomic E-state index is 2.60. The molecule has 0 amide bonds. The SMILES string of the molecule is c1ccc(C2(c3ccccc3)c3ccccc3-c3c2cc(N(c2ccc4c(c2)C2(c5ccccc5-4)c4ccccc4-n4c5ccccc5c5cccc2c54)c2cccc4ccccc24)c2ccccc32)cc1. The molecule has 2 nitrogen and oxygen atoms in total. The zero-order chi connectivity index (χ0) is 47.1. The number of hydrogen-bond donors (Lipinski definition) is 0. The summed E-state index contributed by atoms with van der Waals surface area (Å²) in [7, 11) is 0. The molecule has 13 aromatic rings. The zero-order valence-electron chi connectivity index (χ0n) is 39.3.